The predicted octanol–water partition coefficient (Wildman–Crippen LogP) is 1.29. The minimum Gasteiger partial charge on any atom is -0.462 e. The summed E-state index contributed by atoms with van der Waals surface area (Å²) in [6, 6.07) is 3.50. The quantitative estimate of drug-likeness (QED) is 0.485. The minimum atomic E-state index is -0.992. The van der Waals surface area contributed by atoms with E-state index in [0.29, 0.717) is 5.56 Å². The van der Waals surface area contributed by atoms with Crippen molar-refractivity contribution in [3.63, 3.8) is 0 Å². The van der Waals surface area contributed by atoms with E-state index >= 15 is 0 Å². The Morgan fingerprint density at radius 3 is 2.21 bits per heavy atom. The molecule has 28 heavy (non-hydrogen) atoms. The molecule has 0 fully saturated rings. The molecule has 2 atom stereocenters. The van der Waals surface area contributed by atoms with Gasteiger partial charge in [0.25, 0.3) is 0 Å². The molecule has 0 aromatic heterocycles. The number of esters is 4. The van der Waals surface area contributed by atoms with Gasteiger partial charge in [-0.2, -0.15) is 0 Å². The molecular formula is C19H25NO8. The van der Waals surface area contributed by atoms with Crippen LogP contribution < -0.4 is 15.2 Å². The van der Waals surface area contributed by atoms with Gasteiger partial charge in [-0.25, -0.2) is 0 Å². The van der Waals surface area contributed by atoms with Crippen LogP contribution in [0.4, 0.5) is 0 Å². The van der Waals surface area contributed by atoms with Crippen molar-refractivity contribution in [2.75, 3.05) is 6.61 Å². The molecule has 0 aliphatic rings. The number of benzene rings is 1. The Balaban J connectivity index is 2.74. The first-order chi connectivity index (χ1) is 13.1. The number of nitrogens with two attached hydrogens (primary N) is 1. The van der Waals surface area contributed by atoms with Crippen molar-refractivity contribution >= 4 is 23.9 Å². The predicted molar refractivity (Wildman–Crippen MR) is 97.5 cm³/mol. The zero-order valence-electron chi connectivity index (χ0n) is 16.4. The fraction of sp³-hybridized carbons (Fsp3) is 0.474. The van der Waals surface area contributed by atoms with E-state index in [-0.39, 0.29) is 30.9 Å². The number of ether oxygens (including phenoxy) is 4. The first-order valence-electron chi connectivity index (χ1n) is 8.73. The minimum absolute atomic E-state index is 0.0422. The van der Waals surface area contributed by atoms with E-state index in [1.54, 1.807) is 19.9 Å². The molecule has 9 nitrogen and oxygen atoms in total. The van der Waals surface area contributed by atoms with Crippen LogP contribution in [-0.4, -0.2) is 42.6 Å². The van der Waals surface area contributed by atoms with Crippen LogP contribution >= 0.6 is 0 Å². The summed E-state index contributed by atoms with van der Waals surface area (Å²) in [5, 5.41) is 0. The molecule has 1 rings (SSSR count). The Hall–Kier alpha value is -2.94. The number of carbonyl (C=O) groups excluding carboxylic acids is 4. The lowest BCUT2D eigenvalue weighted by atomic mass is 10.1. The molecule has 0 saturated carbocycles. The zero-order chi connectivity index (χ0) is 21.3. The highest BCUT2D eigenvalue weighted by Gasteiger charge is 2.20. The molecule has 0 aliphatic carbocycles. The Labute approximate surface area is 163 Å². The number of hydrogen-bond acceptors (Lipinski definition) is 9. The second-order valence-corrected chi connectivity index (χ2v) is 6.06. The van der Waals surface area contributed by atoms with Crippen molar-refractivity contribution in [3.8, 4) is 11.5 Å². The van der Waals surface area contributed by atoms with Gasteiger partial charge in [0, 0.05) is 20.3 Å². The van der Waals surface area contributed by atoms with Gasteiger partial charge in [-0.1, -0.05) is 13.0 Å². The van der Waals surface area contributed by atoms with Gasteiger partial charge in [-0.05, 0) is 31.0 Å². The molecular weight excluding hydrogens is 370 g/mol. The summed E-state index contributed by atoms with van der Waals surface area (Å²) in [7, 11) is 0. The van der Waals surface area contributed by atoms with Gasteiger partial charge in [0.2, 0.25) is 0 Å². The van der Waals surface area contributed by atoms with Crippen LogP contribution in [0.25, 0.3) is 0 Å². The summed E-state index contributed by atoms with van der Waals surface area (Å²) >= 11 is 0. The van der Waals surface area contributed by atoms with E-state index in [1.165, 1.54) is 26.0 Å². The summed E-state index contributed by atoms with van der Waals surface area (Å²) in [5.41, 5.74) is 6.45. The summed E-state index contributed by atoms with van der Waals surface area (Å²) in [6.45, 7) is 5.61. The fourth-order valence-corrected chi connectivity index (χ4v) is 2.12. The first kappa shape index (κ1) is 23.1. The number of rotatable bonds is 9. The van der Waals surface area contributed by atoms with Crippen molar-refractivity contribution in [3.05, 3.63) is 23.8 Å². The molecule has 9 heteroatoms. The molecule has 0 unspecified atom stereocenters. The van der Waals surface area contributed by atoms with Crippen molar-refractivity contribution in [1.29, 1.82) is 0 Å². The lowest BCUT2D eigenvalue weighted by molar-refractivity contribution is -0.158. The van der Waals surface area contributed by atoms with Crippen molar-refractivity contribution in [2.24, 2.45) is 5.73 Å². The standard InChI is InChI=1S/C19H25NO8/c1-5-18(23)25-10-11(2)26-19(24)15(20)8-14-6-7-16(27-12(3)21)17(9-14)28-13(4)22/h6-7,9,11,15H,5,8,10,20H2,1-4H3/t11-,15-/m0/s1. The maximum Gasteiger partial charge on any atom is 0.323 e. The fourth-order valence-electron chi connectivity index (χ4n) is 2.12. The smallest absolute Gasteiger partial charge is 0.323 e. The van der Waals surface area contributed by atoms with Gasteiger partial charge >= 0.3 is 23.9 Å². The van der Waals surface area contributed by atoms with Crippen LogP contribution in [0.3, 0.4) is 0 Å². The molecule has 2 N–H and O–H groups in total. The molecule has 0 amide bonds. The van der Waals surface area contributed by atoms with Crippen LogP contribution in [0.2, 0.25) is 0 Å². The molecule has 1 aromatic carbocycles. The van der Waals surface area contributed by atoms with E-state index in [9.17, 15) is 19.2 Å². The summed E-state index contributed by atoms with van der Waals surface area (Å²) in [6.07, 6.45) is -0.319. The van der Waals surface area contributed by atoms with E-state index in [2.05, 4.69) is 0 Å². The highest BCUT2D eigenvalue weighted by molar-refractivity contribution is 5.76. The Morgan fingerprint density at radius 1 is 1.04 bits per heavy atom. The second kappa shape index (κ2) is 11.0. The van der Waals surface area contributed by atoms with Gasteiger partial charge in [0.05, 0.1) is 0 Å². The maximum absolute atomic E-state index is 12.1. The first-order valence-corrected chi connectivity index (χ1v) is 8.73. The van der Waals surface area contributed by atoms with E-state index < -0.39 is 36.0 Å². The van der Waals surface area contributed by atoms with Crippen LogP contribution in [0, 0.1) is 0 Å². The zero-order valence-corrected chi connectivity index (χ0v) is 16.4. The van der Waals surface area contributed by atoms with E-state index in [1.807, 2.05) is 0 Å². The third-order valence-corrected chi connectivity index (χ3v) is 3.36. The van der Waals surface area contributed by atoms with Gasteiger partial charge in [-0.3, -0.25) is 19.2 Å². The summed E-state index contributed by atoms with van der Waals surface area (Å²) < 4.78 is 20.1. The number of carbonyl (C=O) groups is 4. The SMILES string of the molecule is CCC(=O)OC[C@H](C)OC(=O)[C@@H](N)Cc1ccc(OC(C)=O)c(OC(C)=O)c1. The van der Waals surface area contributed by atoms with E-state index in [0.717, 1.165) is 0 Å². The van der Waals surface area contributed by atoms with Crippen LogP contribution in [0.1, 0.15) is 39.7 Å². The third-order valence-electron chi connectivity index (χ3n) is 3.36. The molecule has 154 valence electrons. The third kappa shape index (κ3) is 8.17. The topological polar surface area (TPSA) is 131 Å². The average Bonchev–Trinajstić information content (AvgIpc) is 2.60. The van der Waals surface area contributed by atoms with Crippen LogP contribution in [0.15, 0.2) is 18.2 Å². The van der Waals surface area contributed by atoms with E-state index in [4.69, 9.17) is 24.7 Å². The number of hydrogen-bond donors (Lipinski definition) is 1. The summed E-state index contributed by atoms with van der Waals surface area (Å²) in [5.74, 6) is -2.10. The monoisotopic (exact) mass is 395 g/mol. The summed E-state index contributed by atoms with van der Waals surface area (Å²) in [4.78, 5) is 45.6. The van der Waals surface area contributed by atoms with Gasteiger partial charge < -0.3 is 24.7 Å². The van der Waals surface area contributed by atoms with Gasteiger partial charge in [0.15, 0.2) is 11.5 Å². The molecule has 1 aromatic rings. The van der Waals surface area contributed by atoms with Gasteiger partial charge in [-0.15, -0.1) is 0 Å². The normalized spacial score (nSPS) is 12.5. The molecule has 0 heterocycles. The van der Waals surface area contributed by atoms with Crippen LogP contribution in [0.5, 0.6) is 11.5 Å². The average molecular weight is 395 g/mol. The molecule has 0 bridgehead atoms. The Bertz CT molecular complexity index is 731. The highest BCUT2D eigenvalue weighted by Crippen LogP contribution is 2.29. The van der Waals surface area contributed by atoms with Gasteiger partial charge in [0.1, 0.15) is 18.8 Å². The molecule has 0 saturated heterocycles. The largest absolute Gasteiger partial charge is 0.462 e. The Morgan fingerprint density at radius 2 is 1.64 bits per heavy atom. The van der Waals surface area contributed by atoms with Crippen molar-refractivity contribution in [1.82, 2.24) is 0 Å². The molecule has 0 radical (unpaired) electrons. The van der Waals surface area contributed by atoms with Crippen molar-refractivity contribution in [2.45, 2.75) is 52.7 Å². The lowest BCUT2D eigenvalue weighted by Crippen LogP contribution is -2.37. The lowest BCUT2D eigenvalue weighted by Gasteiger charge is -2.17. The molecule has 0 spiro atoms. The highest BCUT2D eigenvalue weighted by atomic mass is 16.6. The second-order valence-electron chi connectivity index (χ2n) is 6.06. The van der Waals surface area contributed by atoms with Crippen LogP contribution in [-0.2, 0) is 35.1 Å². The maximum atomic E-state index is 12.1. The Kier molecular flexibility index (Phi) is 9.10. The van der Waals surface area contributed by atoms with Crippen molar-refractivity contribution < 1.29 is 38.1 Å². The molecule has 0 aliphatic heterocycles.